The molecule has 0 aliphatic rings. The molecule has 0 fully saturated rings. The van der Waals surface area contributed by atoms with E-state index in [1.54, 1.807) is 6.20 Å². The molecule has 0 aliphatic carbocycles. The Morgan fingerprint density at radius 2 is 2.25 bits per heavy atom. The zero-order chi connectivity index (χ0) is 11.5. The maximum atomic E-state index is 4.53. The van der Waals surface area contributed by atoms with Crippen LogP contribution in [0.15, 0.2) is 24.7 Å². The lowest BCUT2D eigenvalue weighted by atomic mass is 10.1. The van der Waals surface area contributed by atoms with Crippen LogP contribution in [0.4, 0.5) is 0 Å². The number of fused-ring (bicyclic) bond motifs is 1. The van der Waals surface area contributed by atoms with Gasteiger partial charge in [0.15, 0.2) is 0 Å². The highest BCUT2D eigenvalue weighted by Crippen LogP contribution is 2.16. The highest BCUT2D eigenvalue weighted by Gasteiger charge is 2.13. The first-order valence-corrected chi connectivity index (χ1v) is 5.76. The summed E-state index contributed by atoms with van der Waals surface area (Å²) in [7, 11) is 0. The fourth-order valence-corrected chi connectivity index (χ4v) is 1.83. The molecule has 0 amide bonds. The third-order valence-electron chi connectivity index (χ3n) is 2.55. The first-order valence-electron chi connectivity index (χ1n) is 5.76. The monoisotopic (exact) mass is 218 g/mol. The van der Waals surface area contributed by atoms with Crippen LogP contribution in [0.25, 0.3) is 5.78 Å². The van der Waals surface area contributed by atoms with Crippen molar-refractivity contribution >= 4 is 5.78 Å². The number of imidazole rings is 1. The van der Waals surface area contributed by atoms with Crippen molar-refractivity contribution in [3.05, 3.63) is 30.4 Å². The summed E-state index contributed by atoms with van der Waals surface area (Å²) in [6.07, 6.45) is 6.82. The molecule has 0 aromatic carbocycles. The summed E-state index contributed by atoms with van der Waals surface area (Å²) in [4.78, 5) is 8.75. The zero-order valence-electron chi connectivity index (χ0n) is 10.0. The van der Waals surface area contributed by atoms with Crippen LogP contribution in [-0.4, -0.2) is 20.4 Å². The molecule has 2 aromatic heterocycles. The molecule has 0 aliphatic heterocycles. The van der Waals surface area contributed by atoms with Crippen LogP contribution in [0.1, 0.15) is 38.9 Å². The van der Waals surface area contributed by atoms with E-state index in [1.807, 2.05) is 22.9 Å². The van der Waals surface area contributed by atoms with E-state index in [-0.39, 0.29) is 0 Å². The average molecular weight is 218 g/mol. The van der Waals surface area contributed by atoms with Crippen molar-refractivity contribution < 1.29 is 0 Å². The molecular formula is C12H18N4. The van der Waals surface area contributed by atoms with Crippen molar-refractivity contribution in [2.45, 2.75) is 39.3 Å². The Kier molecular flexibility index (Phi) is 3.19. The van der Waals surface area contributed by atoms with Gasteiger partial charge < -0.3 is 5.32 Å². The standard InChI is InChI=1S/C12H18N4/c1-4-10(14-9(2)3)11-8-16-7-5-6-13-12(16)15-11/h5-10,14H,4H2,1-3H3. The first-order chi connectivity index (χ1) is 7.70. The number of rotatable bonds is 4. The molecular weight excluding hydrogens is 200 g/mol. The molecule has 0 bridgehead atoms. The molecule has 1 N–H and O–H groups in total. The van der Waals surface area contributed by atoms with Crippen molar-refractivity contribution in [3.63, 3.8) is 0 Å². The Morgan fingerprint density at radius 3 is 2.88 bits per heavy atom. The molecule has 0 saturated carbocycles. The lowest BCUT2D eigenvalue weighted by Gasteiger charge is -2.17. The quantitative estimate of drug-likeness (QED) is 0.855. The van der Waals surface area contributed by atoms with Crippen LogP contribution in [0.5, 0.6) is 0 Å². The highest BCUT2D eigenvalue weighted by molar-refractivity contribution is 5.30. The molecule has 0 saturated heterocycles. The van der Waals surface area contributed by atoms with Crippen LogP contribution in [0.2, 0.25) is 0 Å². The Bertz CT molecular complexity index is 428. The summed E-state index contributed by atoms with van der Waals surface area (Å²) < 4.78 is 1.96. The van der Waals surface area contributed by atoms with Crippen molar-refractivity contribution in [1.82, 2.24) is 19.7 Å². The largest absolute Gasteiger partial charge is 0.306 e. The second kappa shape index (κ2) is 4.61. The van der Waals surface area contributed by atoms with Gasteiger partial charge >= 0.3 is 0 Å². The topological polar surface area (TPSA) is 42.2 Å². The average Bonchev–Trinajstić information content (AvgIpc) is 2.68. The minimum atomic E-state index is 0.307. The van der Waals surface area contributed by atoms with E-state index in [0.717, 1.165) is 17.9 Å². The smallest absolute Gasteiger partial charge is 0.233 e. The lowest BCUT2D eigenvalue weighted by Crippen LogP contribution is -2.27. The van der Waals surface area contributed by atoms with E-state index in [4.69, 9.17) is 0 Å². The second-order valence-corrected chi connectivity index (χ2v) is 4.27. The summed E-state index contributed by atoms with van der Waals surface area (Å²) in [5, 5.41) is 3.50. The highest BCUT2D eigenvalue weighted by atomic mass is 15.1. The predicted octanol–water partition coefficient (Wildman–Crippen LogP) is 2.18. The van der Waals surface area contributed by atoms with Gasteiger partial charge in [0, 0.05) is 24.6 Å². The van der Waals surface area contributed by atoms with Crippen LogP contribution in [0.3, 0.4) is 0 Å². The van der Waals surface area contributed by atoms with E-state index in [0.29, 0.717) is 12.1 Å². The molecule has 16 heavy (non-hydrogen) atoms. The number of hydrogen-bond acceptors (Lipinski definition) is 3. The zero-order valence-corrected chi connectivity index (χ0v) is 10.0. The normalized spacial score (nSPS) is 13.5. The van der Waals surface area contributed by atoms with Crippen molar-refractivity contribution in [2.75, 3.05) is 0 Å². The molecule has 2 aromatic rings. The number of aromatic nitrogens is 3. The van der Waals surface area contributed by atoms with Crippen LogP contribution >= 0.6 is 0 Å². The minimum absolute atomic E-state index is 0.307. The molecule has 1 unspecified atom stereocenters. The maximum absolute atomic E-state index is 4.53. The summed E-state index contributed by atoms with van der Waals surface area (Å²) in [5.41, 5.74) is 1.06. The van der Waals surface area contributed by atoms with E-state index in [9.17, 15) is 0 Å². The van der Waals surface area contributed by atoms with Gasteiger partial charge in [0.2, 0.25) is 5.78 Å². The van der Waals surface area contributed by atoms with E-state index >= 15 is 0 Å². The van der Waals surface area contributed by atoms with Crippen molar-refractivity contribution in [1.29, 1.82) is 0 Å². The van der Waals surface area contributed by atoms with Gasteiger partial charge in [0.25, 0.3) is 0 Å². The van der Waals surface area contributed by atoms with Crippen molar-refractivity contribution in [3.8, 4) is 0 Å². The van der Waals surface area contributed by atoms with Gasteiger partial charge in [-0.3, -0.25) is 4.40 Å². The third kappa shape index (κ3) is 2.22. The Morgan fingerprint density at radius 1 is 1.44 bits per heavy atom. The Balaban J connectivity index is 2.30. The van der Waals surface area contributed by atoms with Gasteiger partial charge in [-0.25, -0.2) is 9.97 Å². The number of hydrogen-bond donors (Lipinski definition) is 1. The summed E-state index contributed by atoms with van der Waals surface area (Å²) in [5.74, 6) is 0.765. The van der Waals surface area contributed by atoms with Gasteiger partial charge in [-0.2, -0.15) is 0 Å². The molecule has 0 spiro atoms. The van der Waals surface area contributed by atoms with Gasteiger partial charge in [-0.1, -0.05) is 20.8 Å². The van der Waals surface area contributed by atoms with E-state index < -0.39 is 0 Å². The molecule has 4 heteroatoms. The number of nitrogens with zero attached hydrogens (tertiary/aromatic N) is 3. The first kappa shape index (κ1) is 11.1. The van der Waals surface area contributed by atoms with Crippen LogP contribution in [0, 0.1) is 0 Å². The number of nitrogens with one attached hydrogen (secondary N) is 1. The van der Waals surface area contributed by atoms with E-state index in [1.165, 1.54) is 0 Å². The second-order valence-electron chi connectivity index (χ2n) is 4.27. The summed E-state index contributed by atoms with van der Waals surface area (Å²) >= 11 is 0. The lowest BCUT2D eigenvalue weighted by molar-refractivity contribution is 0.459. The SMILES string of the molecule is CCC(NC(C)C)c1cn2cccnc2n1. The maximum Gasteiger partial charge on any atom is 0.233 e. The van der Waals surface area contributed by atoms with Gasteiger partial charge in [0.05, 0.1) is 11.7 Å². The molecule has 1 atom stereocenters. The molecule has 4 nitrogen and oxygen atoms in total. The Labute approximate surface area is 95.7 Å². The van der Waals surface area contributed by atoms with Gasteiger partial charge in [-0.15, -0.1) is 0 Å². The Hall–Kier alpha value is -1.42. The minimum Gasteiger partial charge on any atom is -0.306 e. The fourth-order valence-electron chi connectivity index (χ4n) is 1.83. The molecule has 2 rings (SSSR count). The van der Waals surface area contributed by atoms with Crippen LogP contribution in [-0.2, 0) is 0 Å². The van der Waals surface area contributed by atoms with E-state index in [2.05, 4.69) is 36.1 Å². The van der Waals surface area contributed by atoms with Crippen molar-refractivity contribution in [2.24, 2.45) is 0 Å². The molecule has 86 valence electrons. The fraction of sp³-hybridized carbons (Fsp3) is 0.500. The summed E-state index contributed by atoms with van der Waals surface area (Å²) in [6, 6.07) is 2.68. The van der Waals surface area contributed by atoms with Gasteiger partial charge in [0.1, 0.15) is 0 Å². The molecule has 0 radical (unpaired) electrons. The third-order valence-corrected chi connectivity index (χ3v) is 2.55. The molecule has 2 heterocycles. The van der Waals surface area contributed by atoms with Gasteiger partial charge in [-0.05, 0) is 12.5 Å². The van der Waals surface area contributed by atoms with Crippen LogP contribution < -0.4 is 5.32 Å². The predicted molar refractivity (Wildman–Crippen MR) is 64.3 cm³/mol. The summed E-state index contributed by atoms with van der Waals surface area (Å²) in [6.45, 7) is 6.46.